The maximum atomic E-state index is 10.9. The predicted octanol–water partition coefficient (Wildman–Crippen LogP) is 7.14. The van der Waals surface area contributed by atoms with E-state index in [1.54, 1.807) is 12.1 Å². The molecular weight excluding hydrogens is 476 g/mol. The molecule has 0 radical (unpaired) electrons. The molecule has 0 heterocycles. The van der Waals surface area contributed by atoms with Crippen molar-refractivity contribution in [3.63, 3.8) is 0 Å². The van der Waals surface area contributed by atoms with Crippen LogP contribution in [0.1, 0.15) is 35.6 Å². The van der Waals surface area contributed by atoms with Crippen molar-refractivity contribution in [2.45, 2.75) is 20.0 Å². The number of likely N-dealkylation sites (N-methyl/N-ethyl adjacent to an activating group) is 1. The first-order valence-electron chi connectivity index (χ1n) is 12.7. The fourth-order valence-electron chi connectivity index (χ4n) is 4.27. The maximum Gasteiger partial charge on any atom is 0.269 e. The van der Waals surface area contributed by atoms with Gasteiger partial charge in [-0.1, -0.05) is 61.5 Å². The van der Waals surface area contributed by atoms with Crippen LogP contribution in [0.15, 0.2) is 103 Å². The summed E-state index contributed by atoms with van der Waals surface area (Å²) in [5, 5.41) is 14.0. The first-order chi connectivity index (χ1) is 18.6. The van der Waals surface area contributed by atoms with Gasteiger partial charge < -0.3 is 14.8 Å². The van der Waals surface area contributed by atoms with Crippen LogP contribution < -0.4 is 14.8 Å². The Hall–Kier alpha value is -4.42. The first-order valence-corrected chi connectivity index (χ1v) is 12.7. The van der Waals surface area contributed by atoms with Gasteiger partial charge in [0.15, 0.2) is 0 Å². The highest BCUT2D eigenvalue weighted by Crippen LogP contribution is 2.35. The SMILES string of the molecule is CC/C(=C(/c1ccc(OCCNC)cc1)c1ccc(OCc2ccc([N+](=O)[O-])cc2)cc1)c1ccccc1. The van der Waals surface area contributed by atoms with Crippen LogP contribution in [0.25, 0.3) is 11.1 Å². The van der Waals surface area contributed by atoms with E-state index < -0.39 is 4.92 Å². The number of hydrogen-bond acceptors (Lipinski definition) is 5. The van der Waals surface area contributed by atoms with Gasteiger partial charge in [0.05, 0.1) is 4.92 Å². The van der Waals surface area contributed by atoms with Crippen molar-refractivity contribution in [1.29, 1.82) is 0 Å². The molecule has 0 aromatic heterocycles. The number of benzene rings is 4. The third kappa shape index (κ3) is 6.87. The van der Waals surface area contributed by atoms with Crippen molar-refractivity contribution in [2.75, 3.05) is 20.2 Å². The second kappa shape index (κ2) is 13.2. The van der Waals surface area contributed by atoms with Gasteiger partial charge in [-0.25, -0.2) is 0 Å². The highest BCUT2D eigenvalue weighted by Gasteiger charge is 2.14. The molecule has 0 saturated carbocycles. The minimum Gasteiger partial charge on any atom is -0.492 e. The van der Waals surface area contributed by atoms with Crippen LogP contribution in [0.2, 0.25) is 0 Å². The summed E-state index contributed by atoms with van der Waals surface area (Å²) >= 11 is 0. The first kappa shape index (κ1) is 26.6. The highest BCUT2D eigenvalue weighted by molar-refractivity contribution is 5.98. The lowest BCUT2D eigenvalue weighted by Gasteiger charge is -2.17. The molecule has 0 spiro atoms. The zero-order valence-electron chi connectivity index (χ0n) is 21.7. The van der Waals surface area contributed by atoms with E-state index in [9.17, 15) is 10.1 Å². The zero-order valence-corrected chi connectivity index (χ0v) is 21.7. The smallest absolute Gasteiger partial charge is 0.269 e. The topological polar surface area (TPSA) is 73.6 Å². The number of rotatable bonds is 12. The van der Waals surface area contributed by atoms with Crippen molar-refractivity contribution in [3.05, 3.63) is 135 Å². The molecule has 0 aliphatic rings. The number of nitrogens with zero attached hydrogens (tertiary/aromatic N) is 1. The number of allylic oxidation sites excluding steroid dienone is 1. The number of nitrogens with one attached hydrogen (secondary N) is 1. The highest BCUT2D eigenvalue weighted by atomic mass is 16.6. The zero-order chi connectivity index (χ0) is 26.7. The minimum atomic E-state index is -0.404. The molecule has 4 aromatic rings. The third-order valence-electron chi connectivity index (χ3n) is 6.24. The number of non-ortho nitro benzene ring substituents is 1. The molecule has 0 amide bonds. The Morgan fingerprint density at radius 3 is 1.87 bits per heavy atom. The largest absolute Gasteiger partial charge is 0.492 e. The van der Waals surface area contributed by atoms with Crippen LogP contribution in [0.3, 0.4) is 0 Å². The number of ether oxygens (including phenoxy) is 2. The van der Waals surface area contributed by atoms with Gasteiger partial charge in [0, 0.05) is 18.7 Å². The van der Waals surface area contributed by atoms with Crippen LogP contribution in [0.5, 0.6) is 11.5 Å². The summed E-state index contributed by atoms with van der Waals surface area (Å²) in [5.41, 5.74) is 6.77. The van der Waals surface area contributed by atoms with Gasteiger partial charge >= 0.3 is 0 Å². The molecule has 4 aromatic carbocycles. The summed E-state index contributed by atoms with van der Waals surface area (Å²) in [4.78, 5) is 10.5. The Morgan fingerprint density at radius 1 is 0.763 bits per heavy atom. The summed E-state index contributed by atoms with van der Waals surface area (Å²) in [6, 6.07) is 33.2. The Kier molecular flexibility index (Phi) is 9.27. The van der Waals surface area contributed by atoms with E-state index in [1.165, 1.54) is 28.8 Å². The van der Waals surface area contributed by atoms with Crippen LogP contribution in [-0.2, 0) is 6.61 Å². The van der Waals surface area contributed by atoms with Crippen molar-refractivity contribution < 1.29 is 14.4 Å². The summed E-state index contributed by atoms with van der Waals surface area (Å²) in [5.74, 6) is 1.58. The van der Waals surface area contributed by atoms with Crippen LogP contribution in [0, 0.1) is 10.1 Å². The molecule has 4 rings (SSSR count). The van der Waals surface area contributed by atoms with Crippen molar-refractivity contribution in [2.24, 2.45) is 0 Å². The number of hydrogen-bond donors (Lipinski definition) is 1. The van der Waals surface area contributed by atoms with Gasteiger partial charge in [0.1, 0.15) is 24.7 Å². The number of nitro benzene ring substituents is 1. The third-order valence-corrected chi connectivity index (χ3v) is 6.24. The summed E-state index contributed by atoms with van der Waals surface area (Å²) in [6.07, 6.45) is 0.873. The Labute approximate surface area is 223 Å². The molecule has 0 aliphatic carbocycles. The molecule has 6 nitrogen and oxygen atoms in total. The summed E-state index contributed by atoms with van der Waals surface area (Å²) < 4.78 is 11.8. The standard InChI is InChI=1S/C32H32N2O4/c1-3-31(25-7-5-4-6-8-25)32(26-11-17-29(18-12-26)37-22-21-33-2)27-13-19-30(20-14-27)38-23-24-9-15-28(16-10-24)34(35)36/h4-20,33H,3,21-23H2,1-2H3/b32-31+. The maximum absolute atomic E-state index is 10.9. The van der Waals surface area contributed by atoms with E-state index >= 15 is 0 Å². The van der Waals surface area contributed by atoms with Crippen LogP contribution in [-0.4, -0.2) is 25.1 Å². The Morgan fingerprint density at radius 2 is 1.34 bits per heavy atom. The molecule has 0 saturated heterocycles. The Balaban J connectivity index is 1.60. The molecule has 0 bridgehead atoms. The van der Waals surface area contributed by atoms with E-state index in [4.69, 9.17) is 9.47 Å². The summed E-state index contributed by atoms with van der Waals surface area (Å²) in [6.45, 7) is 3.92. The fraction of sp³-hybridized carbons (Fsp3) is 0.188. The average molecular weight is 509 g/mol. The second-order valence-corrected chi connectivity index (χ2v) is 8.79. The quantitative estimate of drug-likeness (QED) is 0.0953. The van der Waals surface area contributed by atoms with Gasteiger partial charge in [-0.2, -0.15) is 0 Å². The molecular formula is C32H32N2O4. The second-order valence-electron chi connectivity index (χ2n) is 8.79. The molecule has 0 unspecified atom stereocenters. The molecule has 0 fully saturated rings. The molecule has 1 N–H and O–H groups in total. The normalized spacial score (nSPS) is 11.5. The monoisotopic (exact) mass is 508 g/mol. The van der Waals surface area contributed by atoms with E-state index in [0.29, 0.717) is 13.2 Å². The van der Waals surface area contributed by atoms with E-state index in [2.05, 4.69) is 60.8 Å². The summed E-state index contributed by atoms with van der Waals surface area (Å²) in [7, 11) is 1.91. The van der Waals surface area contributed by atoms with Crippen LogP contribution in [0.4, 0.5) is 5.69 Å². The van der Waals surface area contributed by atoms with Gasteiger partial charge in [-0.3, -0.25) is 10.1 Å². The van der Waals surface area contributed by atoms with Gasteiger partial charge in [-0.15, -0.1) is 0 Å². The molecule has 194 valence electrons. The molecule has 38 heavy (non-hydrogen) atoms. The van der Waals surface area contributed by atoms with E-state index in [-0.39, 0.29) is 5.69 Å². The van der Waals surface area contributed by atoms with Crippen molar-refractivity contribution >= 4 is 16.8 Å². The minimum absolute atomic E-state index is 0.0696. The van der Waals surface area contributed by atoms with Gasteiger partial charge in [0.25, 0.3) is 5.69 Å². The average Bonchev–Trinajstić information content (AvgIpc) is 2.96. The number of nitro groups is 1. The van der Waals surface area contributed by atoms with Gasteiger partial charge in [0.2, 0.25) is 0 Å². The van der Waals surface area contributed by atoms with Crippen LogP contribution >= 0.6 is 0 Å². The van der Waals surface area contributed by atoms with Gasteiger partial charge in [-0.05, 0) is 83.3 Å². The van der Waals surface area contributed by atoms with Crippen molar-refractivity contribution in [3.8, 4) is 11.5 Å². The Bertz CT molecular complexity index is 1350. The lowest BCUT2D eigenvalue weighted by atomic mass is 9.88. The lowest BCUT2D eigenvalue weighted by Crippen LogP contribution is -2.15. The lowest BCUT2D eigenvalue weighted by molar-refractivity contribution is -0.384. The van der Waals surface area contributed by atoms with E-state index in [0.717, 1.165) is 41.2 Å². The fourth-order valence-corrected chi connectivity index (χ4v) is 4.27. The molecule has 6 heteroatoms. The molecule has 0 atom stereocenters. The van der Waals surface area contributed by atoms with E-state index in [1.807, 2.05) is 37.4 Å². The van der Waals surface area contributed by atoms with Crippen molar-refractivity contribution in [1.82, 2.24) is 5.32 Å². The molecule has 0 aliphatic heterocycles. The predicted molar refractivity (Wildman–Crippen MR) is 152 cm³/mol.